The van der Waals surface area contributed by atoms with Crippen LogP contribution in [-0.2, 0) is 11.3 Å². The fraction of sp³-hybridized carbons (Fsp3) is 0.364. The fourth-order valence-electron chi connectivity index (χ4n) is 1.21. The average molecular weight is 211 g/mol. The Hall–Kier alpha value is -1.42. The van der Waals surface area contributed by atoms with Crippen LogP contribution in [0.3, 0.4) is 0 Å². The molecule has 0 saturated carbocycles. The SMILES string of the molecule is Cc1cc(CNC(=O)CCO)ccc1F. The van der Waals surface area contributed by atoms with Crippen LogP contribution < -0.4 is 5.32 Å². The van der Waals surface area contributed by atoms with Gasteiger partial charge in [0.05, 0.1) is 6.61 Å². The van der Waals surface area contributed by atoms with Crippen LogP contribution in [0.1, 0.15) is 17.5 Å². The van der Waals surface area contributed by atoms with Gasteiger partial charge in [-0.3, -0.25) is 4.79 Å². The lowest BCUT2D eigenvalue weighted by Gasteiger charge is -2.05. The Bertz CT molecular complexity index is 352. The lowest BCUT2D eigenvalue weighted by atomic mass is 10.1. The number of carbonyl (C=O) groups is 1. The van der Waals surface area contributed by atoms with E-state index in [0.717, 1.165) is 5.56 Å². The molecule has 15 heavy (non-hydrogen) atoms. The molecule has 3 nitrogen and oxygen atoms in total. The van der Waals surface area contributed by atoms with Crippen LogP contribution in [0.25, 0.3) is 0 Å². The van der Waals surface area contributed by atoms with Crippen LogP contribution in [0.15, 0.2) is 18.2 Å². The third-order valence-corrected chi connectivity index (χ3v) is 2.05. The predicted molar refractivity (Wildman–Crippen MR) is 54.7 cm³/mol. The van der Waals surface area contributed by atoms with Gasteiger partial charge in [-0.15, -0.1) is 0 Å². The number of benzene rings is 1. The Morgan fingerprint density at radius 3 is 2.87 bits per heavy atom. The maximum absolute atomic E-state index is 12.9. The highest BCUT2D eigenvalue weighted by atomic mass is 19.1. The van der Waals surface area contributed by atoms with Crippen molar-refractivity contribution in [1.29, 1.82) is 0 Å². The summed E-state index contributed by atoms with van der Waals surface area (Å²) in [5, 5.41) is 11.1. The lowest BCUT2D eigenvalue weighted by molar-refractivity contribution is -0.121. The molecule has 0 spiro atoms. The first-order chi connectivity index (χ1) is 7.13. The zero-order chi connectivity index (χ0) is 11.3. The van der Waals surface area contributed by atoms with Crippen LogP contribution in [-0.4, -0.2) is 17.6 Å². The van der Waals surface area contributed by atoms with Gasteiger partial charge in [-0.25, -0.2) is 4.39 Å². The second-order valence-electron chi connectivity index (χ2n) is 3.33. The minimum atomic E-state index is -0.250. The summed E-state index contributed by atoms with van der Waals surface area (Å²) >= 11 is 0. The molecular formula is C11H14FNO2. The van der Waals surface area contributed by atoms with Crippen molar-refractivity contribution in [3.63, 3.8) is 0 Å². The molecule has 0 aliphatic heterocycles. The molecule has 1 rings (SSSR count). The van der Waals surface area contributed by atoms with Crippen molar-refractivity contribution in [3.8, 4) is 0 Å². The van der Waals surface area contributed by atoms with E-state index in [1.54, 1.807) is 19.1 Å². The standard InChI is InChI=1S/C11H14FNO2/c1-8-6-9(2-3-10(8)12)7-13-11(15)4-5-14/h2-3,6,14H,4-5,7H2,1H3,(H,13,15). The van der Waals surface area contributed by atoms with Gasteiger partial charge in [-0.2, -0.15) is 0 Å². The molecule has 0 bridgehead atoms. The number of carbonyl (C=O) groups excluding carboxylic acids is 1. The molecule has 0 unspecified atom stereocenters. The third kappa shape index (κ3) is 3.67. The van der Waals surface area contributed by atoms with Crippen molar-refractivity contribution in [3.05, 3.63) is 35.1 Å². The Morgan fingerprint density at radius 1 is 1.53 bits per heavy atom. The molecule has 1 aromatic rings. The second kappa shape index (κ2) is 5.46. The van der Waals surface area contributed by atoms with Crippen LogP contribution in [0, 0.1) is 12.7 Å². The van der Waals surface area contributed by atoms with Gasteiger partial charge in [-0.05, 0) is 24.1 Å². The zero-order valence-electron chi connectivity index (χ0n) is 8.59. The summed E-state index contributed by atoms with van der Waals surface area (Å²) in [7, 11) is 0. The topological polar surface area (TPSA) is 49.3 Å². The first kappa shape index (κ1) is 11.7. The molecule has 0 aromatic heterocycles. The molecule has 4 heteroatoms. The summed E-state index contributed by atoms with van der Waals surface area (Å²) in [6.07, 6.45) is 0.0974. The molecular weight excluding hydrogens is 197 g/mol. The number of aliphatic hydroxyl groups excluding tert-OH is 1. The molecule has 0 radical (unpaired) electrons. The Balaban J connectivity index is 2.51. The van der Waals surface area contributed by atoms with Crippen molar-refractivity contribution in [2.24, 2.45) is 0 Å². The van der Waals surface area contributed by atoms with Gasteiger partial charge in [0.25, 0.3) is 0 Å². The highest BCUT2D eigenvalue weighted by molar-refractivity contribution is 5.75. The number of hydrogen-bond acceptors (Lipinski definition) is 2. The summed E-state index contributed by atoms with van der Waals surface area (Å²) in [5.41, 5.74) is 1.41. The zero-order valence-corrected chi connectivity index (χ0v) is 8.59. The maximum atomic E-state index is 12.9. The molecule has 0 saturated heterocycles. The normalized spacial score (nSPS) is 10.1. The quantitative estimate of drug-likeness (QED) is 0.784. The minimum absolute atomic E-state index is 0.0974. The summed E-state index contributed by atoms with van der Waals surface area (Å²) in [4.78, 5) is 11.0. The summed E-state index contributed by atoms with van der Waals surface area (Å²) in [6, 6.07) is 4.69. The molecule has 0 aliphatic rings. The molecule has 0 atom stereocenters. The van der Waals surface area contributed by atoms with E-state index in [2.05, 4.69) is 5.32 Å². The number of hydrogen-bond donors (Lipinski definition) is 2. The molecule has 1 amide bonds. The third-order valence-electron chi connectivity index (χ3n) is 2.05. The van der Waals surface area contributed by atoms with E-state index in [4.69, 9.17) is 5.11 Å². The van der Waals surface area contributed by atoms with Crippen LogP contribution in [0.5, 0.6) is 0 Å². The lowest BCUT2D eigenvalue weighted by Crippen LogP contribution is -2.23. The van der Waals surface area contributed by atoms with E-state index in [9.17, 15) is 9.18 Å². The van der Waals surface area contributed by atoms with Crippen LogP contribution >= 0.6 is 0 Å². The van der Waals surface area contributed by atoms with Gasteiger partial charge in [0.2, 0.25) is 5.91 Å². The Kier molecular flexibility index (Phi) is 4.24. The van der Waals surface area contributed by atoms with Crippen molar-refractivity contribution >= 4 is 5.91 Å². The minimum Gasteiger partial charge on any atom is -0.396 e. The Morgan fingerprint density at radius 2 is 2.27 bits per heavy atom. The van der Waals surface area contributed by atoms with Crippen molar-refractivity contribution in [1.82, 2.24) is 5.32 Å². The first-order valence-electron chi connectivity index (χ1n) is 4.76. The van der Waals surface area contributed by atoms with Crippen molar-refractivity contribution in [2.75, 3.05) is 6.61 Å². The fourth-order valence-corrected chi connectivity index (χ4v) is 1.21. The molecule has 1 aromatic carbocycles. The molecule has 0 fully saturated rings. The summed E-state index contributed by atoms with van der Waals surface area (Å²) in [6.45, 7) is 1.88. The molecule has 0 aliphatic carbocycles. The highest BCUT2D eigenvalue weighted by Gasteiger charge is 2.01. The van der Waals surface area contributed by atoms with Crippen LogP contribution in [0.4, 0.5) is 4.39 Å². The monoisotopic (exact) mass is 211 g/mol. The number of halogens is 1. The Labute approximate surface area is 87.9 Å². The van der Waals surface area contributed by atoms with E-state index in [1.807, 2.05) is 0 Å². The maximum Gasteiger partial charge on any atom is 0.222 e. The van der Waals surface area contributed by atoms with Gasteiger partial charge < -0.3 is 10.4 Å². The van der Waals surface area contributed by atoms with Gasteiger partial charge >= 0.3 is 0 Å². The molecule has 2 N–H and O–H groups in total. The average Bonchev–Trinajstić information content (AvgIpc) is 2.20. The van der Waals surface area contributed by atoms with Gasteiger partial charge in [0, 0.05) is 13.0 Å². The van der Waals surface area contributed by atoms with Gasteiger partial charge in [0.1, 0.15) is 5.82 Å². The van der Waals surface area contributed by atoms with Crippen molar-refractivity contribution in [2.45, 2.75) is 19.9 Å². The highest BCUT2D eigenvalue weighted by Crippen LogP contribution is 2.08. The van der Waals surface area contributed by atoms with Gasteiger partial charge in [-0.1, -0.05) is 12.1 Å². The number of rotatable bonds is 4. The van der Waals surface area contributed by atoms with Crippen molar-refractivity contribution < 1.29 is 14.3 Å². The molecule has 0 heterocycles. The van der Waals surface area contributed by atoms with Crippen LogP contribution in [0.2, 0.25) is 0 Å². The number of aliphatic hydroxyl groups is 1. The number of nitrogens with one attached hydrogen (secondary N) is 1. The molecule has 82 valence electrons. The van der Waals surface area contributed by atoms with Gasteiger partial charge in [0.15, 0.2) is 0 Å². The number of amides is 1. The summed E-state index contributed by atoms with van der Waals surface area (Å²) in [5.74, 6) is -0.458. The van der Waals surface area contributed by atoms with E-state index < -0.39 is 0 Å². The largest absolute Gasteiger partial charge is 0.396 e. The van der Waals surface area contributed by atoms with E-state index in [-0.39, 0.29) is 24.8 Å². The predicted octanol–water partition coefficient (Wildman–Crippen LogP) is 1.13. The van der Waals surface area contributed by atoms with E-state index in [1.165, 1.54) is 6.07 Å². The van der Waals surface area contributed by atoms with E-state index in [0.29, 0.717) is 12.1 Å². The number of aryl methyl sites for hydroxylation is 1. The first-order valence-corrected chi connectivity index (χ1v) is 4.76. The second-order valence-corrected chi connectivity index (χ2v) is 3.33. The summed E-state index contributed by atoms with van der Waals surface area (Å²) < 4.78 is 12.9. The van der Waals surface area contributed by atoms with E-state index >= 15 is 0 Å². The smallest absolute Gasteiger partial charge is 0.222 e.